The van der Waals surface area contributed by atoms with Crippen LogP contribution in [0.1, 0.15) is 5.56 Å². The second kappa shape index (κ2) is 6.78. The minimum absolute atomic E-state index is 1.13. The summed E-state index contributed by atoms with van der Waals surface area (Å²) in [6.45, 7) is 5.80. The average Bonchev–Trinajstić information content (AvgIpc) is 2.38. The largest absolute Gasteiger partial charge is 0.314 e. The molecule has 0 unspecified atom stereocenters. The zero-order valence-electron chi connectivity index (χ0n) is 10.2. The van der Waals surface area contributed by atoms with Crippen molar-refractivity contribution in [1.29, 1.82) is 0 Å². The van der Waals surface area contributed by atoms with Gasteiger partial charge in [0.15, 0.2) is 0 Å². The van der Waals surface area contributed by atoms with Crippen LogP contribution in [0.25, 0.3) is 0 Å². The van der Waals surface area contributed by atoms with Gasteiger partial charge in [-0.2, -0.15) is 0 Å². The summed E-state index contributed by atoms with van der Waals surface area (Å²) in [5, 5.41) is 3.39. The van der Waals surface area contributed by atoms with Crippen LogP contribution in [0.3, 0.4) is 0 Å². The van der Waals surface area contributed by atoms with E-state index >= 15 is 0 Å². The molecular formula is C13H19BrN2S. The first kappa shape index (κ1) is 13.4. The first-order chi connectivity index (χ1) is 8.29. The Bertz CT molecular complexity index is 364. The van der Waals surface area contributed by atoms with Gasteiger partial charge in [-0.1, -0.05) is 15.9 Å². The van der Waals surface area contributed by atoms with E-state index in [1.54, 1.807) is 0 Å². The maximum absolute atomic E-state index is 3.56. The lowest BCUT2D eigenvalue weighted by Crippen LogP contribution is -2.44. The minimum Gasteiger partial charge on any atom is -0.314 e. The summed E-state index contributed by atoms with van der Waals surface area (Å²) >= 11 is 5.40. The summed E-state index contributed by atoms with van der Waals surface area (Å²) in [5.41, 5.74) is 1.46. The van der Waals surface area contributed by atoms with Gasteiger partial charge in [-0.25, -0.2) is 0 Å². The van der Waals surface area contributed by atoms with E-state index in [-0.39, 0.29) is 0 Å². The van der Waals surface area contributed by atoms with Crippen LogP contribution < -0.4 is 5.32 Å². The van der Waals surface area contributed by atoms with E-state index in [1.165, 1.54) is 34.6 Å². The molecule has 1 fully saturated rings. The first-order valence-electron chi connectivity index (χ1n) is 6.05. The molecule has 1 aliphatic rings. The van der Waals surface area contributed by atoms with Crippen LogP contribution in [0.5, 0.6) is 0 Å². The highest BCUT2D eigenvalue weighted by Crippen LogP contribution is 2.24. The number of nitrogens with zero attached hydrogens (tertiary/aromatic N) is 1. The highest BCUT2D eigenvalue weighted by Gasteiger charge is 2.10. The molecule has 0 radical (unpaired) electrons. The zero-order valence-corrected chi connectivity index (χ0v) is 12.6. The second-order valence-corrected chi connectivity index (χ2v) is 6.06. The number of piperazine rings is 1. The molecule has 2 nitrogen and oxygen atoms in total. The Labute approximate surface area is 116 Å². The fraction of sp³-hybridized carbons (Fsp3) is 0.538. The van der Waals surface area contributed by atoms with Gasteiger partial charge in [-0.05, 0) is 36.4 Å². The Morgan fingerprint density at radius 2 is 2.12 bits per heavy atom. The molecule has 1 aromatic carbocycles. The second-order valence-electron chi connectivity index (χ2n) is 4.30. The number of halogens is 1. The van der Waals surface area contributed by atoms with Crippen molar-refractivity contribution in [1.82, 2.24) is 10.2 Å². The van der Waals surface area contributed by atoms with E-state index in [2.05, 4.69) is 50.6 Å². The SMILES string of the molecule is CSc1ccc(Br)cc1CCN1CCNCC1. The van der Waals surface area contributed by atoms with E-state index in [0.29, 0.717) is 0 Å². The molecule has 1 aliphatic heterocycles. The van der Waals surface area contributed by atoms with Gasteiger partial charge >= 0.3 is 0 Å². The van der Waals surface area contributed by atoms with Crippen molar-refractivity contribution >= 4 is 27.7 Å². The van der Waals surface area contributed by atoms with Gasteiger partial charge in [-0.15, -0.1) is 11.8 Å². The highest BCUT2D eigenvalue weighted by atomic mass is 79.9. The van der Waals surface area contributed by atoms with Gasteiger partial charge < -0.3 is 10.2 Å². The molecule has 0 spiro atoms. The van der Waals surface area contributed by atoms with Gasteiger partial charge in [-0.3, -0.25) is 0 Å². The molecule has 0 atom stereocenters. The average molecular weight is 315 g/mol. The van der Waals surface area contributed by atoms with Crippen LogP contribution in [0.4, 0.5) is 0 Å². The van der Waals surface area contributed by atoms with Crippen LogP contribution >= 0.6 is 27.7 Å². The molecule has 0 saturated carbocycles. The summed E-state index contributed by atoms with van der Waals surface area (Å²) in [6.07, 6.45) is 3.30. The number of thioether (sulfide) groups is 1. The zero-order chi connectivity index (χ0) is 12.1. The summed E-state index contributed by atoms with van der Waals surface area (Å²) in [7, 11) is 0. The van der Waals surface area contributed by atoms with Crippen molar-refractivity contribution in [3.63, 3.8) is 0 Å². The third kappa shape index (κ3) is 3.98. The third-order valence-corrected chi connectivity index (χ3v) is 4.48. The quantitative estimate of drug-likeness (QED) is 0.860. The standard InChI is InChI=1S/C13H19BrN2S/c1-17-13-3-2-12(14)10-11(13)4-7-16-8-5-15-6-9-16/h2-3,10,15H,4-9H2,1H3. The van der Waals surface area contributed by atoms with Crippen molar-refractivity contribution in [3.8, 4) is 0 Å². The smallest absolute Gasteiger partial charge is 0.0178 e. The van der Waals surface area contributed by atoms with Crippen LogP contribution in [0.2, 0.25) is 0 Å². The van der Waals surface area contributed by atoms with E-state index in [0.717, 1.165) is 19.5 Å². The van der Waals surface area contributed by atoms with Gasteiger partial charge in [0.05, 0.1) is 0 Å². The fourth-order valence-electron chi connectivity index (χ4n) is 2.16. The number of rotatable bonds is 4. The normalized spacial score (nSPS) is 17.3. The first-order valence-corrected chi connectivity index (χ1v) is 8.07. The Morgan fingerprint density at radius 3 is 2.82 bits per heavy atom. The predicted octanol–water partition coefficient (Wildman–Crippen LogP) is 2.62. The molecular weight excluding hydrogens is 296 g/mol. The Hall–Kier alpha value is -0.0300. The van der Waals surface area contributed by atoms with Crippen LogP contribution in [-0.4, -0.2) is 43.9 Å². The molecule has 1 saturated heterocycles. The molecule has 0 bridgehead atoms. The maximum Gasteiger partial charge on any atom is 0.0178 e. The number of hydrogen-bond donors (Lipinski definition) is 1. The van der Waals surface area contributed by atoms with Crippen LogP contribution in [0, 0.1) is 0 Å². The van der Waals surface area contributed by atoms with Crippen LogP contribution in [0.15, 0.2) is 27.6 Å². The maximum atomic E-state index is 3.56. The predicted molar refractivity (Wildman–Crippen MR) is 78.9 cm³/mol. The Balaban J connectivity index is 1.95. The van der Waals surface area contributed by atoms with Crippen molar-refractivity contribution in [3.05, 3.63) is 28.2 Å². The van der Waals surface area contributed by atoms with Crippen molar-refractivity contribution in [2.45, 2.75) is 11.3 Å². The molecule has 1 aromatic rings. The summed E-state index contributed by atoms with van der Waals surface area (Å²) in [6, 6.07) is 6.59. The molecule has 0 amide bonds. The van der Waals surface area contributed by atoms with E-state index in [1.807, 2.05) is 11.8 Å². The van der Waals surface area contributed by atoms with Gasteiger partial charge in [0, 0.05) is 42.1 Å². The summed E-state index contributed by atoms with van der Waals surface area (Å²) in [5.74, 6) is 0. The van der Waals surface area contributed by atoms with Crippen molar-refractivity contribution in [2.75, 3.05) is 39.0 Å². The van der Waals surface area contributed by atoms with Crippen molar-refractivity contribution in [2.24, 2.45) is 0 Å². The number of hydrogen-bond acceptors (Lipinski definition) is 3. The molecule has 94 valence electrons. The molecule has 0 aromatic heterocycles. The Morgan fingerprint density at radius 1 is 1.35 bits per heavy atom. The lowest BCUT2D eigenvalue weighted by molar-refractivity contribution is 0.243. The van der Waals surface area contributed by atoms with E-state index < -0.39 is 0 Å². The minimum atomic E-state index is 1.13. The van der Waals surface area contributed by atoms with Gasteiger partial charge in [0.1, 0.15) is 0 Å². The van der Waals surface area contributed by atoms with Crippen LogP contribution in [-0.2, 0) is 6.42 Å². The molecule has 1 N–H and O–H groups in total. The lowest BCUT2D eigenvalue weighted by atomic mass is 10.1. The van der Waals surface area contributed by atoms with E-state index in [9.17, 15) is 0 Å². The Kier molecular flexibility index (Phi) is 5.35. The van der Waals surface area contributed by atoms with Gasteiger partial charge in [0.25, 0.3) is 0 Å². The third-order valence-electron chi connectivity index (χ3n) is 3.15. The molecule has 2 rings (SSSR count). The number of nitrogens with one attached hydrogen (secondary N) is 1. The fourth-order valence-corrected chi connectivity index (χ4v) is 3.19. The summed E-state index contributed by atoms with van der Waals surface area (Å²) < 4.78 is 1.19. The van der Waals surface area contributed by atoms with Gasteiger partial charge in [0.2, 0.25) is 0 Å². The molecule has 4 heteroatoms. The summed E-state index contributed by atoms with van der Waals surface area (Å²) in [4.78, 5) is 3.95. The van der Waals surface area contributed by atoms with Crippen molar-refractivity contribution < 1.29 is 0 Å². The lowest BCUT2D eigenvalue weighted by Gasteiger charge is -2.27. The number of benzene rings is 1. The molecule has 17 heavy (non-hydrogen) atoms. The molecule has 0 aliphatic carbocycles. The monoisotopic (exact) mass is 314 g/mol. The molecule has 1 heterocycles. The topological polar surface area (TPSA) is 15.3 Å². The van der Waals surface area contributed by atoms with E-state index in [4.69, 9.17) is 0 Å². The highest BCUT2D eigenvalue weighted by molar-refractivity contribution is 9.10.